The van der Waals surface area contributed by atoms with Crippen LogP contribution in [0.5, 0.6) is 5.75 Å². The van der Waals surface area contributed by atoms with Crippen LogP contribution in [0.2, 0.25) is 0 Å². The van der Waals surface area contributed by atoms with E-state index in [1.807, 2.05) is 84.9 Å². The second kappa shape index (κ2) is 11.3. The fourth-order valence-electron chi connectivity index (χ4n) is 6.58. The van der Waals surface area contributed by atoms with Crippen LogP contribution in [-0.2, 0) is 0 Å². The molecule has 1 aliphatic heterocycles. The summed E-state index contributed by atoms with van der Waals surface area (Å²) in [5, 5.41) is 0. The molecule has 1 atom stereocenters. The highest BCUT2D eigenvalue weighted by molar-refractivity contribution is 5.93. The van der Waals surface area contributed by atoms with E-state index in [-0.39, 0.29) is 5.92 Å². The summed E-state index contributed by atoms with van der Waals surface area (Å²) in [6, 6.07) is 43.2. The zero-order valence-electron chi connectivity index (χ0n) is 25.3. The second-order valence-electron chi connectivity index (χ2n) is 11.7. The van der Waals surface area contributed by atoms with Gasteiger partial charge in [-0.05, 0) is 47.4 Å². The van der Waals surface area contributed by atoms with Crippen LogP contribution in [0.1, 0.15) is 29.3 Å². The van der Waals surface area contributed by atoms with Crippen LogP contribution in [-0.4, -0.2) is 24.9 Å². The molecule has 1 unspecified atom stereocenters. The Hall–Kier alpha value is -6.27. The Morgan fingerprint density at radius 1 is 0.553 bits per heavy atom. The number of nitrogens with zero attached hydrogens (tertiary/aromatic N) is 5. The zero-order valence-corrected chi connectivity index (χ0v) is 25.3. The Morgan fingerprint density at radius 2 is 1.19 bits per heavy atom. The first-order valence-electron chi connectivity index (χ1n) is 15.7. The zero-order chi connectivity index (χ0) is 31.2. The SMILES string of the molecule is C1=C(c2cccc(-c3cccc4nccnc34)c2)CC2C(=C1c1nc(-c3ccccc3)nc(-c3ccccc3)n1)Oc1ccccc12. The Morgan fingerprint density at radius 3 is 1.98 bits per heavy atom. The second-order valence-corrected chi connectivity index (χ2v) is 11.7. The summed E-state index contributed by atoms with van der Waals surface area (Å²) in [4.78, 5) is 24.3. The quantitative estimate of drug-likeness (QED) is 0.195. The number of ether oxygens (including phenoxy) is 1. The highest BCUT2D eigenvalue weighted by atomic mass is 16.5. The molecular weight excluding hydrogens is 578 g/mol. The molecule has 1 aliphatic carbocycles. The number of fused-ring (bicyclic) bond motifs is 4. The average molecular weight is 606 g/mol. The van der Waals surface area contributed by atoms with E-state index in [0.29, 0.717) is 17.5 Å². The van der Waals surface area contributed by atoms with Crippen LogP contribution >= 0.6 is 0 Å². The Labute approximate surface area is 271 Å². The van der Waals surface area contributed by atoms with Gasteiger partial charge in [0.05, 0.1) is 22.5 Å². The average Bonchev–Trinajstić information content (AvgIpc) is 3.53. The monoisotopic (exact) mass is 605 g/mol. The molecule has 0 N–H and O–H groups in total. The van der Waals surface area contributed by atoms with Crippen molar-refractivity contribution in [3.63, 3.8) is 0 Å². The number of aromatic nitrogens is 5. The van der Waals surface area contributed by atoms with Gasteiger partial charge in [0.2, 0.25) is 0 Å². The lowest BCUT2D eigenvalue weighted by Crippen LogP contribution is -2.11. The van der Waals surface area contributed by atoms with E-state index >= 15 is 0 Å². The summed E-state index contributed by atoms with van der Waals surface area (Å²) >= 11 is 0. The van der Waals surface area contributed by atoms with Crippen LogP contribution in [0.25, 0.3) is 56.1 Å². The number of para-hydroxylation sites is 2. The van der Waals surface area contributed by atoms with Crippen molar-refractivity contribution < 1.29 is 4.74 Å². The predicted molar refractivity (Wildman–Crippen MR) is 185 cm³/mol. The molecule has 9 rings (SSSR count). The topological polar surface area (TPSA) is 73.7 Å². The smallest absolute Gasteiger partial charge is 0.167 e. The molecule has 7 aromatic rings. The van der Waals surface area contributed by atoms with E-state index in [9.17, 15) is 0 Å². The van der Waals surface area contributed by atoms with Gasteiger partial charge in [0, 0.05) is 34.6 Å². The molecular formula is C41H27N5O. The summed E-state index contributed by atoms with van der Waals surface area (Å²) in [7, 11) is 0. The van der Waals surface area contributed by atoms with Crippen molar-refractivity contribution in [3.05, 3.63) is 169 Å². The van der Waals surface area contributed by atoms with E-state index in [1.54, 1.807) is 12.4 Å². The first-order valence-corrected chi connectivity index (χ1v) is 15.7. The Balaban J connectivity index is 1.23. The van der Waals surface area contributed by atoms with E-state index in [0.717, 1.165) is 62.4 Å². The van der Waals surface area contributed by atoms with E-state index in [1.165, 1.54) is 11.1 Å². The molecule has 47 heavy (non-hydrogen) atoms. The number of hydrogen-bond donors (Lipinski definition) is 0. The first kappa shape index (κ1) is 27.1. The molecule has 0 saturated heterocycles. The van der Waals surface area contributed by atoms with Gasteiger partial charge in [-0.15, -0.1) is 0 Å². The van der Waals surface area contributed by atoms with Gasteiger partial charge in [-0.3, -0.25) is 9.97 Å². The molecule has 3 heterocycles. The molecule has 2 aromatic heterocycles. The summed E-state index contributed by atoms with van der Waals surface area (Å²) in [6.45, 7) is 0. The maximum Gasteiger partial charge on any atom is 0.167 e. The van der Waals surface area contributed by atoms with Gasteiger partial charge in [0.25, 0.3) is 0 Å². The van der Waals surface area contributed by atoms with Gasteiger partial charge in [-0.1, -0.05) is 109 Å². The fraction of sp³-hybridized carbons (Fsp3) is 0.0488. The molecule has 222 valence electrons. The minimum atomic E-state index is 0.0328. The first-order chi connectivity index (χ1) is 23.3. The molecule has 5 aromatic carbocycles. The predicted octanol–water partition coefficient (Wildman–Crippen LogP) is 9.19. The van der Waals surface area contributed by atoms with Crippen LogP contribution < -0.4 is 4.74 Å². The van der Waals surface area contributed by atoms with Gasteiger partial charge in [-0.2, -0.15) is 0 Å². The van der Waals surface area contributed by atoms with Gasteiger partial charge in [-0.25, -0.2) is 15.0 Å². The lowest BCUT2D eigenvalue weighted by Gasteiger charge is -2.23. The molecule has 0 amide bonds. The molecule has 0 saturated carbocycles. The normalized spacial score (nSPS) is 15.1. The van der Waals surface area contributed by atoms with Crippen molar-refractivity contribution >= 4 is 22.2 Å². The van der Waals surface area contributed by atoms with Gasteiger partial charge >= 0.3 is 0 Å². The third kappa shape index (κ3) is 4.87. The van der Waals surface area contributed by atoms with Crippen molar-refractivity contribution in [1.82, 2.24) is 24.9 Å². The number of allylic oxidation sites excluding steroid dienone is 4. The number of hydrogen-bond acceptors (Lipinski definition) is 6. The number of rotatable bonds is 5. The van der Waals surface area contributed by atoms with Crippen LogP contribution in [0, 0.1) is 0 Å². The minimum Gasteiger partial charge on any atom is -0.460 e. The molecule has 0 radical (unpaired) electrons. The minimum absolute atomic E-state index is 0.0328. The van der Waals surface area contributed by atoms with Crippen LogP contribution in [0.15, 0.2) is 152 Å². The maximum atomic E-state index is 6.61. The van der Waals surface area contributed by atoms with Gasteiger partial charge in [0.1, 0.15) is 11.5 Å². The maximum absolute atomic E-state index is 6.61. The van der Waals surface area contributed by atoms with Crippen molar-refractivity contribution in [2.45, 2.75) is 12.3 Å². The Bertz CT molecular complexity index is 2300. The van der Waals surface area contributed by atoms with Gasteiger partial charge in [0.15, 0.2) is 17.5 Å². The highest BCUT2D eigenvalue weighted by Gasteiger charge is 2.36. The van der Waals surface area contributed by atoms with E-state index in [2.05, 4.69) is 58.5 Å². The number of benzene rings is 5. The summed E-state index contributed by atoms with van der Waals surface area (Å²) in [6.07, 6.45) is 6.48. The molecule has 6 heteroatoms. The van der Waals surface area contributed by atoms with Crippen molar-refractivity contribution in [3.8, 4) is 39.7 Å². The van der Waals surface area contributed by atoms with Crippen LogP contribution in [0.4, 0.5) is 0 Å². The third-order valence-electron chi connectivity index (χ3n) is 8.82. The van der Waals surface area contributed by atoms with E-state index < -0.39 is 0 Å². The third-order valence-corrected chi connectivity index (χ3v) is 8.82. The standard InChI is InChI=1S/C41H27N5O/c1-3-11-26(12-4-1)39-44-40(27-13-5-2-6-14-27)46-41(45-39)34-25-30(24-33-32-17-7-8-20-36(32)47-38(33)34)28-15-9-16-29(23-28)31-18-10-19-35-37(31)43-22-21-42-35/h1-23,25,33H,24H2. The lowest BCUT2D eigenvalue weighted by atomic mass is 9.82. The van der Waals surface area contributed by atoms with E-state index in [4.69, 9.17) is 19.7 Å². The van der Waals surface area contributed by atoms with Crippen molar-refractivity contribution in [1.29, 1.82) is 0 Å². The Kier molecular flexibility index (Phi) is 6.49. The molecule has 0 fully saturated rings. The van der Waals surface area contributed by atoms with Crippen molar-refractivity contribution in [2.24, 2.45) is 0 Å². The summed E-state index contributed by atoms with van der Waals surface area (Å²) in [5.74, 6) is 3.61. The fourth-order valence-corrected chi connectivity index (χ4v) is 6.58. The molecule has 0 spiro atoms. The largest absolute Gasteiger partial charge is 0.460 e. The molecule has 2 aliphatic rings. The molecule has 0 bridgehead atoms. The molecule has 6 nitrogen and oxygen atoms in total. The summed E-state index contributed by atoms with van der Waals surface area (Å²) in [5.41, 5.74) is 10.1. The highest BCUT2D eigenvalue weighted by Crippen LogP contribution is 2.51. The van der Waals surface area contributed by atoms with Gasteiger partial charge < -0.3 is 4.74 Å². The summed E-state index contributed by atoms with van der Waals surface area (Å²) < 4.78 is 6.61. The van der Waals surface area contributed by atoms with Crippen LogP contribution in [0.3, 0.4) is 0 Å². The lowest BCUT2D eigenvalue weighted by molar-refractivity contribution is 0.429. The van der Waals surface area contributed by atoms with Crippen molar-refractivity contribution in [2.75, 3.05) is 0 Å².